The minimum absolute atomic E-state index is 0.464. The zero-order valence-corrected chi connectivity index (χ0v) is 10.7. The summed E-state index contributed by atoms with van der Waals surface area (Å²) in [4.78, 5) is 1.40. The van der Waals surface area contributed by atoms with Crippen molar-refractivity contribution in [2.24, 2.45) is 0 Å². The predicted molar refractivity (Wildman–Crippen MR) is 63.3 cm³/mol. The first-order chi connectivity index (χ1) is 6.13. The summed E-state index contributed by atoms with van der Waals surface area (Å²) in [5.41, 5.74) is 0. The largest absolute Gasteiger partial charge is 0.307 e. The number of hydrogen-bond donors (Lipinski definition) is 1. The Kier molecular flexibility index (Phi) is 4.42. The van der Waals surface area contributed by atoms with Crippen molar-refractivity contribution in [3.8, 4) is 0 Å². The van der Waals surface area contributed by atoms with E-state index in [0.717, 1.165) is 0 Å². The first kappa shape index (κ1) is 11.2. The van der Waals surface area contributed by atoms with E-state index in [-0.39, 0.29) is 0 Å². The van der Waals surface area contributed by atoms with Crippen LogP contribution in [-0.2, 0) is 0 Å². The summed E-state index contributed by atoms with van der Waals surface area (Å²) in [5, 5.41) is 3.55. The van der Waals surface area contributed by atoms with Crippen molar-refractivity contribution >= 4 is 27.3 Å². The summed E-state index contributed by atoms with van der Waals surface area (Å²) < 4.78 is 1.21. The second kappa shape index (κ2) is 5.13. The van der Waals surface area contributed by atoms with Crippen molar-refractivity contribution in [1.82, 2.24) is 5.32 Å². The Morgan fingerprint density at radius 1 is 1.46 bits per heavy atom. The molecule has 0 radical (unpaired) electrons. The Morgan fingerprint density at radius 3 is 2.62 bits per heavy atom. The van der Waals surface area contributed by atoms with E-state index >= 15 is 0 Å². The molecule has 13 heavy (non-hydrogen) atoms. The van der Waals surface area contributed by atoms with Crippen LogP contribution in [0.4, 0.5) is 0 Å². The van der Waals surface area contributed by atoms with Gasteiger partial charge in [0.05, 0.1) is 3.79 Å². The summed E-state index contributed by atoms with van der Waals surface area (Å²) in [6.07, 6.45) is 1.18. The highest BCUT2D eigenvalue weighted by Gasteiger charge is 2.09. The van der Waals surface area contributed by atoms with Gasteiger partial charge in [-0.1, -0.05) is 6.92 Å². The van der Waals surface area contributed by atoms with Gasteiger partial charge in [-0.05, 0) is 48.3 Å². The Balaban J connectivity index is 2.53. The van der Waals surface area contributed by atoms with Crippen LogP contribution in [-0.4, -0.2) is 6.04 Å². The molecular weight excluding hydrogens is 246 g/mol. The molecule has 1 heterocycles. The molecule has 0 aromatic carbocycles. The van der Waals surface area contributed by atoms with Crippen LogP contribution < -0.4 is 5.32 Å². The highest BCUT2D eigenvalue weighted by atomic mass is 79.9. The van der Waals surface area contributed by atoms with Crippen LogP contribution in [0.5, 0.6) is 0 Å². The Hall–Kier alpha value is 0.140. The molecular formula is C10H16BrNS. The number of hydrogen-bond acceptors (Lipinski definition) is 2. The Morgan fingerprint density at radius 2 is 2.15 bits per heavy atom. The quantitative estimate of drug-likeness (QED) is 0.866. The van der Waals surface area contributed by atoms with Gasteiger partial charge in [-0.3, -0.25) is 0 Å². The van der Waals surface area contributed by atoms with Gasteiger partial charge in [0.15, 0.2) is 0 Å². The van der Waals surface area contributed by atoms with Crippen molar-refractivity contribution < 1.29 is 0 Å². The molecule has 0 bridgehead atoms. The molecule has 0 amide bonds. The lowest BCUT2D eigenvalue weighted by Gasteiger charge is -2.17. The van der Waals surface area contributed by atoms with E-state index < -0.39 is 0 Å². The molecule has 1 nitrogen and oxygen atoms in total. The molecule has 1 rings (SSSR count). The predicted octanol–water partition coefficient (Wildman–Crippen LogP) is 3.96. The maximum atomic E-state index is 3.55. The van der Waals surface area contributed by atoms with Gasteiger partial charge in [0.2, 0.25) is 0 Å². The zero-order valence-electron chi connectivity index (χ0n) is 8.30. The molecule has 0 saturated heterocycles. The van der Waals surface area contributed by atoms with E-state index in [9.17, 15) is 0 Å². The van der Waals surface area contributed by atoms with Gasteiger partial charge in [-0.25, -0.2) is 0 Å². The minimum atomic E-state index is 0.464. The zero-order chi connectivity index (χ0) is 9.84. The molecule has 0 aliphatic carbocycles. The van der Waals surface area contributed by atoms with E-state index in [4.69, 9.17) is 0 Å². The van der Waals surface area contributed by atoms with E-state index in [0.29, 0.717) is 12.1 Å². The molecule has 2 atom stereocenters. The molecule has 0 saturated carbocycles. The van der Waals surface area contributed by atoms with Gasteiger partial charge < -0.3 is 5.32 Å². The number of nitrogens with one attached hydrogen (secondary N) is 1. The highest BCUT2D eigenvalue weighted by molar-refractivity contribution is 9.11. The Bertz CT molecular complexity index is 259. The summed E-state index contributed by atoms with van der Waals surface area (Å²) >= 11 is 5.28. The summed E-state index contributed by atoms with van der Waals surface area (Å²) in [7, 11) is 0. The van der Waals surface area contributed by atoms with Crippen molar-refractivity contribution in [3.05, 3.63) is 20.8 Å². The van der Waals surface area contributed by atoms with E-state index in [1.54, 1.807) is 11.3 Å². The first-order valence-electron chi connectivity index (χ1n) is 4.64. The number of halogens is 1. The standard InChI is InChI=1S/C10H16BrNS/c1-4-7(2)12-8(3)9-5-6-10(11)13-9/h5-8,12H,4H2,1-3H3/t7-,8-/m1/s1. The third-order valence-electron chi connectivity index (χ3n) is 2.17. The van der Waals surface area contributed by atoms with E-state index in [1.165, 1.54) is 15.1 Å². The van der Waals surface area contributed by atoms with E-state index in [1.807, 2.05) is 0 Å². The summed E-state index contributed by atoms with van der Waals surface area (Å²) in [6, 6.07) is 5.34. The lowest BCUT2D eigenvalue weighted by atomic mass is 10.2. The smallest absolute Gasteiger partial charge is 0.0701 e. The molecule has 0 fully saturated rings. The number of thiophene rings is 1. The number of rotatable bonds is 4. The molecule has 1 aromatic heterocycles. The third-order valence-corrected chi connectivity index (χ3v) is 3.97. The minimum Gasteiger partial charge on any atom is -0.307 e. The fourth-order valence-corrected chi connectivity index (χ4v) is 2.62. The van der Waals surface area contributed by atoms with Crippen LogP contribution in [0.15, 0.2) is 15.9 Å². The van der Waals surface area contributed by atoms with Gasteiger partial charge in [0.25, 0.3) is 0 Å². The molecule has 1 N–H and O–H groups in total. The van der Waals surface area contributed by atoms with Gasteiger partial charge in [-0.15, -0.1) is 11.3 Å². The van der Waals surface area contributed by atoms with Gasteiger partial charge in [0.1, 0.15) is 0 Å². The van der Waals surface area contributed by atoms with Gasteiger partial charge in [0, 0.05) is 17.0 Å². The van der Waals surface area contributed by atoms with Crippen LogP contribution in [0.1, 0.15) is 38.1 Å². The lowest BCUT2D eigenvalue weighted by Crippen LogP contribution is -2.27. The van der Waals surface area contributed by atoms with Crippen LogP contribution in [0.3, 0.4) is 0 Å². The average Bonchev–Trinajstić information content (AvgIpc) is 2.51. The Labute approximate surface area is 92.7 Å². The normalized spacial score (nSPS) is 15.7. The van der Waals surface area contributed by atoms with Gasteiger partial charge >= 0.3 is 0 Å². The van der Waals surface area contributed by atoms with Crippen molar-refractivity contribution in [2.75, 3.05) is 0 Å². The molecule has 74 valence electrons. The van der Waals surface area contributed by atoms with Crippen molar-refractivity contribution in [2.45, 2.75) is 39.3 Å². The third kappa shape index (κ3) is 3.41. The van der Waals surface area contributed by atoms with Crippen molar-refractivity contribution in [1.29, 1.82) is 0 Å². The van der Waals surface area contributed by atoms with Crippen LogP contribution in [0.25, 0.3) is 0 Å². The molecule has 1 aromatic rings. The van der Waals surface area contributed by atoms with Crippen molar-refractivity contribution in [3.63, 3.8) is 0 Å². The van der Waals surface area contributed by atoms with Crippen LogP contribution in [0, 0.1) is 0 Å². The monoisotopic (exact) mass is 261 g/mol. The van der Waals surface area contributed by atoms with E-state index in [2.05, 4.69) is 54.2 Å². The molecule has 0 aliphatic rings. The molecule has 0 unspecified atom stereocenters. The highest BCUT2D eigenvalue weighted by Crippen LogP contribution is 2.27. The SMILES string of the molecule is CC[C@@H](C)N[C@H](C)c1ccc(Br)s1. The first-order valence-corrected chi connectivity index (χ1v) is 6.25. The maximum Gasteiger partial charge on any atom is 0.0701 e. The topological polar surface area (TPSA) is 12.0 Å². The molecule has 0 aliphatic heterocycles. The van der Waals surface area contributed by atoms with Crippen LogP contribution in [0.2, 0.25) is 0 Å². The fourth-order valence-electron chi connectivity index (χ4n) is 1.19. The molecule has 3 heteroatoms. The average molecular weight is 262 g/mol. The lowest BCUT2D eigenvalue weighted by molar-refractivity contribution is 0.474. The second-order valence-electron chi connectivity index (χ2n) is 3.34. The fraction of sp³-hybridized carbons (Fsp3) is 0.600. The maximum absolute atomic E-state index is 3.55. The molecule has 0 spiro atoms. The second-order valence-corrected chi connectivity index (χ2v) is 5.83. The van der Waals surface area contributed by atoms with Gasteiger partial charge in [-0.2, -0.15) is 0 Å². The summed E-state index contributed by atoms with van der Waals surface area (Å²) in [5.74, 6) is 0. The summed E-state index contributed by atoms with van der Waals surface area (Å²) in [6.45, 7) is 6.64. The van der Waals surface area contributed by atoms with Crippen LogP contribution >= 0.6 is 27.3 Å².